The van der Waals surface area contributed by atoms with E-state index in [4.69, 9.17) is 11.6 Å². The Morgan fingerprint density at radius 2 is 1.87 bits per heavy atom. The van der Waals surface area contributed by atoms with Crippen LogP contribution in [0, 0.1) is 0 Å². The Bertz CT molecular complexity index is 686. The molecule has 23 heavy (non-hydrogen) atoms. The first-order valence-electron chi connectivity index (χ1n) is 7.22. The maximum atomic E-state index is 12.0. The van der Waals surface area contributed by atoms with Crippen LogP contribution < -0.4 is 5.32 Å². The van der Waals surface area contributed by atoms with E-state index in [9.17, 15) is 14.7 Å². The molecule has 2 rings (SSSR count). The Hall–Kier alpha value is -2.24. The van der Waals surface area contributed by atoms with Gasteiger partial charge in [0.25, 0.3) is 0 Å². The number of pyridine rings is 1. The van der Waals surface area contributed by atoms with E-state index in [0.29, 0.717) is 28.3 Å². The van der Waals surface area contributed by atoms with Gasteiger partial charge in [-0.15, -0.1) is 0 Å². The molecule has 1 aromatic carbocycles. The molecule has 2 aromatic rings. The lowest BCUT2D eigenvalue weighted by Gasteiger charge is -2.08. The van der Waals surface area contributed by atoms with Gasteiger partial charge in [0.05, 0.1) is 18.5 Å². The van der Waals surface area contributed by atoms with Crippen LogP contribution in [0.4, 0.5) is 5.69 Å². The number of ketones is 1. The van der Waals surface area contributed by atoms with E-state index >= 15 is 0 Å². The SMILES string of the molecule is O=C(CCCC(=O)c1ccc(Cl)cc1)Nc1cnccc1CO. The molecule has 0 aliphatic carbocycles. The highest BCUT2D eigenvalue weighted by Crippen LogP contribution is 2.15. The number of aliphatic hydroxyl groups excluding tert-OH is 1. The van der Waals surface area contributed by atoms with E-state index in [0.717, 1.165) is 0 Å². The molecule has 1 heterocycles. The Morgan fingerprint density at radius 3 is 2.57 bits per heavy atom. The molecule has 1 amide bonds. The normalized spacial score (nSPS) is 10.3. The summed E-state index contributed by atoms with van der Waals surface area (Å²) in [6, 6.07) is 8.32. The van der Waals surface area contributed by atoms with E-state index in [2.05, 4.69) is 10.3 Å². The highest BCUT2D eigenvalue weighted by Gasteiger charge is 2.09. The molecule has 0 unspecified atom stereocenters. The van der Waals surface area contributed by atoms with Crippen molar-refractivity contribution >= 4 is 29.0 Å². The molecule has 2 N–H and O–H groups in total. The Morgan fingerprint density at radius 1 is 1.13 bits per heavy atom. The van der Waals surface area contributed by atoms with E-state index in [1.807, 2.05) is 0 Å². The Labute approximate surface area is 139 Å². The fourth-order valence-corrected chi connectivity index (χ4v) is 2.20. The van der Waals surface area contributed by atoms with Gasteiger partial charge in [-0.3, -0.25) is 14.6 Å². The van der Waals surface area contributed by atoms with Gasteiger partial charge in [-0.05, 0) is 36.8 Å². The molecule has 120 valence electrons. The average molecular weight is 333 g/mol. The summed E-state index contributed by atoms with van der Waals surface area (Å²) in [5.74, 6) is -0.233. The van der Waals surface area contributed by atoms with Gasteiger partial charge in [0.15, 0.2) is 5.78 Å². The summed E-state index contributed by atoms with van der Waals surface area (Å²) in [4.78, 5) is 27.8. The number of benzene rings is 1. The fraction of sp³-hybridized carbons (Fsp3) is 0.235. The first kappa shape index (κ1) is 17.1. The van der Waals surface area contributed by atoms with Crippen LogP contribution in [0.5, 0.6) is 0 Å². The van der Waals surface area contributed by atoms with Crippen molar-refractivity contribution < 1.29 is 14.7 Å². The molecule has 0 saturated carbocycles. The van der Waals surface area contributed by atoms with Crippen molar-refractivity contribution in [2.75, 3.05) is 5.32 Å². The lowest BCUT2D eigenvalue weighted by Crippen LogP contribution is -2.13. The van der Waals surface area contributed by atoms with E-state index in [-0.39, 0.29) is 31.1 Å². The minimum absolute atomic E-state index is 0.0214. The maximum Gasteiger partial charge on any atom is 0.224 e. The molecular formula is C17H17ClN2O3. The topological polar surface area (TPSA) is 79.3 Å². The summed E-state index contributed by atoms with van der Waals surface area (Å²) in [6.07, 6.45) is 3.99. The molecule has 0 atom stereocenters. The number of aromatic nitrogens is 1. The van der Waals surface area contributed by atoms with Crippen molar-refractivity contribution in [2.24, 2.45) is 0 Å². The maximum absolute atomic E-state index is 12.0. The molecular weight excluding hydrogens is 316 g/mol. The number of rotatable bonds is 7. The third kappa shape index (κ3) is 5.16. The number of nitrogens with zero attached hydrogens (tertiary/aromatic N) is 1. The zero-order valence-corrected chi connectivity index (χ0v) is 13.2. The highest BCUT2D eigenvalue weighted by molar-refractivity contribution is 6.30. The lowest BCUT2D eigenvalue weighted by atomic mass is 10.1. The van der Waals surface area contributed by atoms with E-state index in [1.54, 1.807) is 36.5 Å². The lowest BCUT2D eigenvalue weighted by molar-refractivity contribution is -0.116. The van der Waals surface area contributed by atoms with Gasteiger partial charge in [0.2, 0.25) is 5.91 Å². The monoisotopic (exact) mass is 332 g/mol. The third-order valence-electron chi connectivity index (χ3n) is 3.33. The first-order valence-corrected chi connectivity index (χ1v) is 7.60. The third-order valence-corrected chi connectivity index (χ3v) is 3.58. The molecule has 0 bridgehead atoms. The second-order valence-electron chi connectivity index (χ2n) is 5.02. The number of nitrogens with one attached hydrogen (secondary N) is 1. The summed E-state index contributed by atoms with van der Waals surface area (Å²) < 4.78 is 0. The van der Waals surface area contributed by atoms with Crippen LogP contribution in [0.1, 0.15) is 35.2 Å². The van der Waals surface area contributed by atoms with Crippen LogP contribution in [-0.2, 0) is 11.4 Å². The molecule has 6 heteroatoms. The summed E-state index contributed by atoms with van der Waals surface area (Å²) in [5.41, 5.74) is 1.68. The molecule has 0 fully saturated rings. The zero-order chi connectivity index (χ0) is 16.7. The molecule has 1 aromatic heterocycles. The van der Waals surface area contributed by atoms with Gasteiger partial charge in [0.1, 0.15) is 0 Å². The quantitative estimate of drug-likeness (QED) is 0.763. The first-order chi connectivity index (χ1) is 11.1. The second-order valence-corrected chi connectivity index (χ2v) is 5.46. The minimum atomic E-state index is -0.211. The second kappa shape index (κ2) is 8.41. The van der Waals surface area contributed by atoms with Crippen molar-refractivity contribution in [2.45, 2.75) is 25.9 Å². The summed E-state index contributed by atoms with van der Waals surface area (Å²) >= 11 is 5.78. The van der Waals surface area contributed by atoms with Crippen LogP contribution in [0.25, 0.3) is 0 Å². The number of carbonyl (C=O) groups excluding carboxylic acids is 2. The van der Waals surface area contributed by atoms with Gasteiger partial charge in [-0.25, -0.2) is 0 Å². The summed E-state index contributed by atoms with van der Waals surface area (Å²) in [7, 11) is 0. The van der Waals surface area contributed by atoms with Crippen LogP contribution in [0.15, 0.2) is 42.7 Å². The Kier molecular flexibility index (Phi) is 6.26. The van der Waals surface area contributed by atoms with Gasteiger partial charge in [-0.2, -0.15) is 0 Å². The molecule has 5 nitrogen and oxygen atoms in total. The molecule has 0 aliphatic rings. The minimum Gasteiger partial charge on any atom is -0.392 e. The average Bonchev–Trinajstić information content (AvgIpc) is 2.56. The van der Waals surface area contributed by atoms with Crippen LogP contribution in [0.2, 0.25) is 5.02 Å². The van der Waals surface area contributed by atoms with Crippen molar-refractivity contribution in [3.63, 3.8) is 0 Å². The predicted molar refractivity (Wildman–Crippen MR) is 88.4 cm³/mol. The van der Waals surface area contributed by atoms with Crippen molar-refractivity contribution in [1.29, 1.82) is 0 Å². The van der Waals surface area contributed by atoms with E-state index < -0.39 is 0 Å². The van der Waals surface area contributed by atoms with Gasteiger partial charge in [0, 0.05) is 35.2 Å². The molecule has 0 radical (unpaired) electrons. The van der Waals surface area contributed by atoms with Crippen LogP contribution >= 0.6 is 11.6 Å². The van der Waals surface area contributed by atoms with Gasteiger partial charge < -0.3 is 10.4 Å². The van der Waals surface area contributed by atoms with Crippen molar-refractivity contribution in [3.05, 3.63) is 58.9 Å². The van der Waals surface area contributed by atoms with Gasteiger partial charge >= 0.3 is 0 Å². The smallest absolute Gasteiger partial charge is 0.224 e. The number of anilines is 1. The molecule has 0 spiro atoms. The van der Waals surface area contributed by atoms with Gasteiger partial charge in [-0.1, -0.05) is 11.6 Å². The Balaban J connectivity index is 1.80. The number of hydrogen-bond acceptors (Lipinski definition) is 4. The highest BCUT2D eigenvalue weighted by atomic mass is 35.5. The number of hydrogen-bond donors (Lipinski definition) is 2. The van der Waals surface area contributed by atoms with E-state index in [1.165, 1.54) is 6.20 Å². The largest absolute Gasteiger partial charge is 0.392 e. The zero-order valence-electron chi connectivity index (χ0n) is 12.5. The summed E-state index contributed by atoms with van der Waals surface area (Å²) in [6.45, 7) is -0.173. The number of Topliss-reactive ketones (excluding diaryl/α,β-unsaturated/α-hetero) is 1. The van der Waals surface area contributed by atoms with Crippen molar-refractivity contribution in [1.82, 2.24) is 4.98 Å². The fourth-order valence-electron chi connectivity index (χ4n) is 2.08. The predicted octanol–water partition coefficient (Wildman–Crippen LogP) is 3.22. The number of halogens is 1. The summed E-state index contributed by atoms with van der Waals surface area (Å²) in [5, 5.41) is 12.5. The standard InChI is InChI=1S/C17H17ClN2O3/c18-14-6-4-12(5-7-14)16(22)2-1-3-17(23)20-15-10-19-9-8-13(15)11-21/h4-10,21H,1-3,11H2,(H,20,23). The number of amides is 1. The molecule has 0 saturated heterocycles. The van der Waals surface area contributed by atoms with Crippen molar-refractivity contribution in [3.8, 4) is 0 Å². The number of aliphatic hydroxyl groups is 1. The number of carbonyl (C=O) groups is 2. The van der Waals surface area contributed by atoms with Crippen LogP contribution in [0.3, 0.4) is 0 Å². The van der Waals surface area contributed by atoms with Crippen LogP contribution in [-0.4, -0.2) is 21.8 Å². The molecule has 0 aliphatic heterocycles.